The third-order valence-corrected chi connectivity index (χ3v) is 8.95. The van der Waals surface area contributed by atoms with E-state index in [1.54, 1.807) is 0 Å². The average Bonchev–Trinajstić information content (AvgIpc) is 2.38. The lowest BCUT2D eigenvalue weighted by atomic mass is 9.92. The number of aldehydes is 1. The molecule has 0 aromatic rings. The van der Waals surface area contributed by atoms with Crippen LogP contribution in [0.3, 0.4) is 0 Å². The van der Waals surface area contributed by atoms with Crippen LogP contribution >= 0.6 is 0 Å². The predicted octanol–water partition coefficient (Wildman–Crippen LogP) is 5.37. The van der Waals surface area contributed by atoms with Crippen molar-refractivity contribution in [1.82, 2.24) is 0 Å². The third-order valence-electron chi connectivity index (χ3n) is 4.48. The van der Waals surface area contributed by atoms with E-state index in [2.05, 4.69) is 52.9 Å². The van der Waals surface area contributed by atoms with Crippen LogP contribution in [-0.2, 0) is 9.22 Å². The molecule has 0 radical (unpaired) electrons. The van der Waals surface area contributed by atoms with E-state index in [9.17, 15) is 4.79 Å². The molecule has 0 fully saturated rings. The van der Waals surface area contributed by atoms with E-state index < -0.39 is 8.32 Å². The molecule has 0 aromatic heterocycles. The van der Waals surface area contributed by atoms with Gasteiger partial charge in [0.2, 0.25) is 0 Å². The molecular weight excluding hydrogens is 276 g/mol. The molecule has 0 heterocycles. The highest BCUT2D eigenvalue weighted by atomic mass is 28.4. The van der Waals surface area contributed by atoms with Gasteiger partial charge in [-0.05, 0) is 37.4 Å². The molecule has 0 saturated carbocycles. The maximum absolute atomic E-state index is 11.3. The number of carbonyl (C=O) groups is 1. The standard InChI is InChI=1S/C18H34O2Si/c1-9-10-11-12-13-15(2)17(16(3)14-19)20-21(7,8)18(4,5)6/h9-12,14-17H,13H2,1-8H3/b10-9+,12-11+/t15-,16+,17+/m1/s1. The van der Waals surface area contributed by atoms with E-state index in [1.807, 2.05) is 26.0 Å². The minimum atomic E-state index is -1.86. The Bertz CT molecular complexity index is 364. The Labute approximate surface area is 132 Å². The number of hydrogen-bond donors (Lipinski definition) is 0. The molecule has 0 aromatic carbocycles. The Morgan fingerprint density at radius 1 is 1.14 bits per heavy atom. The zero-order chi connectivity index (χ0) is 16.7. The summed E-state index contributed by atoms with van der Waals surface area (Å²) in [6.07, 6.45) is 10.2. The van der Waals surface area contributed by atoms with Gasteiger partial charge in [0.15, 0.2) is 8.32 Å². The fourth-order valence-corrected chi connectivity index (χ4v) is 3.43. The Hall–Kier alpha value is -0.673. The van der Waals surface area contributed by atoms with Crippen LogP contribution in [0.5, 0.6) is 0 Å². The van der Waals surface area contributed by atoms with Gasteiger partial charge < -0.3 is 9.22 Å². The van der Waals surface area contributed by atoms with Crippen LogP contribution in [0.15, 0.2) is 24.3 Å². The number of allylic oxidation sites excluding steroid dienone is 4. The molecule has 3 atom stereocenters. The first-order chi connectivity index (χ1) is 9.56. The summed E-state index contributed by atoms with van der Waals surface area (Å²) in [6, 6.07) is 0. The van der Waals surface area contributed by atoms with E-state index in [1.165, 1.54) is 0 Å². The topological polar surface area (TPSA) is 26.3 Å². The first-order valence-electron chi connectivity index (χ1n) is 7.97. The van der Waals surface area contributed by atoms with Gasteiger partial charge in [-0.15, -0.1) is 0 Å². The summed E-state index contributed by atoms with van der Waals surface area (Å²) in [7, 11) is -1.86. The second kappa shape index (κ2) is 8.69. The lowest BCUT2D eigenvalue weighted by molar-refractivity contribution is -0.114. The molecule has 0 spiro atoms. The first-order valence-corrected chi connectivity index (χ1v) is 10.9. The van der Waals surface area contributed by atoms with E-state index in [4.69, 9.17) is 4.43 Å². The van der Waals surface area contributed by atoms with Crippen molar-refractivity contribution < 1.29 is 9.22 Å². The molecule has 0 aliphatic rings. The normalized spacial score (nSPS) is 18.1. The van der Waals surface area contributed by atoms with Crippen molar-refractivity contribution in [2.45, 2.75) is 72.2 Å². The van der Waals surface area contributed by atoms with Crippen molar-refractivity contribution in [2.75, 3.05) is 0 Å². The lowest BCUT2D eigenvalue weighted by Crippen LogP contribution is -2.47. The van der Waals surface area contributed by atoms with Crippen LogP contribution in [0.2, 0.25) is 18.1 Å². The minimum Gasteiger partial charge on any atom is -0.413 e. The summed E-state index contributed by atoms with van der Waals surface area (Å²) in [5.41, 5.74) is 0. The van der Waals surface area contributed by atoms with Gasteiger partial charge in [0.1, 0.15) is 6.29 Å². The van der Waals surface area contributed by atoms with Gasteiger partial charge in [-0.2, -0.15) is 0 Å². The molecule has 2 nitrogen and oxygen atoms in total. The van der Waals surface area contributed by atoms with Gasteiger partial charge in [-0.1, -0.05) is 58.9 Å². The molecule has 0 saturated heterocycles. The Kier molecular flexibility index (Phi) is 8.41. The molecule has 0 bridgehead atoms. The van der Waals surface area contributed by atoms with Crippen molar-refractivity contribution in [3.8, 4) is 0 Å². The molecule has 21 heavy (non-hydrogen) atoms. The van der Waals surface area contributed by atoms with Crippen LogP contribution in [0.25, 0.3) is 0 Å². The smallest absolute Gasteiger partial charge is 0.192 e. The summed E-state index contributed by atoms with van der Waals surface area (Å²) in [4.78, 5) is 11.3. The van der Waals surface area contributed by atoms with Crippen molar-refractivity contribution >= 4 is 14.6 Å². The fraction of sp³-hybridized carbons (Fsp3) is 0.722. The number of hydrogen-bond acceptors (Lipinski definition) is 2. The monoisotopic (exact) mass is 310 g/mol. The van der Waals surface area contributed by atoms with Gasteiger partial charge in [-0.25, -0.2) is 0 Å². The molecular formula is C18H34O2Si. The summed E-state index contributed by atoms with van der Waals surface area (Å²) < 4.78 is 6.53. The van der Waals surface area contributed by atoms with Gasteiger partial charge in [0, 0.05) is 5.92 Å². The van der Waals surface area contributed by atoms with Crippen LogP contribution in [-0.4, -0.2) is 20.7 Å². The van der Waals surface area contributed by atoms with Crippen molar-refractivity contribution in [3.63, 3.8) is 0 Å². The predicted molar refractivity (Wildman–Crippen MR) is 95.0 cm³/mol. The Morgan fingerprint density at radius 2 is 1.71 bits per heavy atom. The Balaban J connectivity index is 5.00. The second-order valence-corrected chi connectivity index (χ2v) is 12.3. The van der Waals surface area contributed by atoms with Crippen LogP contribution in [0.1, 0.15) is 48.0 Å². The van der Waals surface area contributed by atoms with Crippen molar-refractivity contribution in [1.29, 1.82) is 0 Å². The van der Waals surface area contributed by atoms with E-state index in [0.29, 0.717) is 5.92 Å². The average molecular weight is 311 g/mol. The van der Waals surface area contributed by atoms with Crippen molar-refractivity contribution in [3.05, 3.63) is 24.3 Å². The van der Waals surface area contributed by atoms with Gasteiger partial charge in [0.05, 0.1) is 6.10 Å². The number of rotatable bonds is 8. The van der Waals surface area contributed by atoms with Gasteiger partial charge in [0.25, 0.3) is 0 Å². The largest absolute Gasteiger partial charge is 0.413 e. The summed E-state index contributed by atoms with van der Waals surface area (Å²) in [5.74, 6) is 0.269. The van der Waals surface area contributed by atoms with Crippen LogP contribution < -0.4 is 0 Å². The highest BCUT2D eigenvalue weighted by Crippen LogP contribution is 2.39. The van der Waals surface area contributed by atoms with Crippen LogP contribution in [0, 0.1) is 11.8 Å². The first kappa shape index (κ1) is 20.3. The zero-order valence-corrected chi connectivity index (χ0v) is 16.1. The molecule has 0 rings (SSSR count). The summed E-state index contributed by atoms with van der Waals surface area (Å²) in [5, 5.41) is 0.161. The molecule has 0 aliphatic carbocycles. The lowest BCUT2D eigenvalue weighted by Gasteiger charge is -2.42. The molecule has 0 N–H and O–H groups in total. The van der Waals surface area contributed by atoms with Gasteiger partial charge in [-0.3, -0.25) is 0 Å². The molecule has 0 aliphatic heterocycles. The van der Waals surface area contributed by atoms with Crippen LogP contribution in [0.4, 0.5) is 0 Å². The fourth-order valence-electron chi connectivity index (χ4n) is 1.95. The van der Waals surface area contributed by atoms with E-state index >= 15 is 0 Å². The SMILES string of the molecule is C/C=C/C=C/C[C@@H](C)[C@H](O[Si](C)(C)C(C)(C)C)[C@@H](C)C=O. The van der Waals surface area contributed by atoms with E-state index in [0.717, 1.165) is 12.7 Å². The molecule has 0 unspecified atom stereocenters. The number of carbonyl (C=O) groups excluding carboxylic acids is 1. The summed E-state index contributed by atoms with van der Waals surface area (Å²) in [6.45, 7) is 17.4. The Morgan fingerprint density at radius 3 is 2.14 bits per heavy atom. The second-order valence-electron chi connectivity index (χ2n) is 7.50. The highest BCUT2D eigenvalue weighted by Gasteiger charge is 2.41. The van der Waals surface area contributed by atoms with Gasteiger partial charge >= 0.3 is 0 Å². The third kappa shape index (κ3) is 6.75. The summed E-state index contributed by atoms with van der Waals surface area (Å²) >= 11 is 0. The van der Waals surface area contributed by atoms with Crippen molar-refractivity contribution in [2.24, 2.45) is 11.8 Å². The zero-order valence-electron chi connectivity index (χ0n) is 15.1. The molecule has 122 valence electrons. The minimum absolute atomic E-state index is 0.00125. The maximum atomic E-state index is 11.3. The quantitative estimate of drug-likeness (QED) is 0.342. The molecule has 3 heteroatoms. The maximum Gasteiger partial charge on any atom is 0.192 e. The highest BCUT2D eigenvalue weighted by molar-refractivity contribution is 6.74. The molecule has 0 amide bonds. The van der Waals surface area contributed by atoms with E-state index in [-0.39, 0.29) is 17.1 Å².